The molecule has 0 aromatic carbocycles. The first-order valence-electron chi connectivity index (χ1n) is 6.96. The third-order valence-electron chi connectivity index (χ3n) is 3.17. The molecule has 0 saturated carbocycles. The van der Waals surface area contributed by atoms with E-state index in [9.17, 15) is 9.18 Å². The normalized spacial score (nSPS) is 10.7. The molecular weight excluding hydrogens is 259 g/mol. The van der Waals surface area contributed by atoms with Crippen LogP contribution in [-0.4, -0.2) is 49.0 Å². The third-order valence-corrected chi connectivity index (χ3v) is 3.17. The van der Waals surface area contributed by atoms with Gasteiger partial charge in [0, 0.05) is 13.6 Å². The summed E-state index contributed by atoms with van der Waals surface area (Å²) in [5, 5.41) is 5.58. The van der Waals surface area contributed by atoms with Gasteiger partial charge in [0.05, 0.1) is 11.8 Å². The minimum Gasteiger partial charge on any atom is -0.372 e. The lowest BCUT2D eigenvalue weighted by molar-refractivity contribution is 0.0952. The molecule has 0 radical (unpaired) electrons. The van der Waals surface area contributed by atoms with Gasteiger partial charge in [-0.05, 0) is 32.1 Å². The molecule has 0 spiro atoms. The maximum Gasteiger partial charge on any atom is 0.255 e. The summed E-state index contributed by atoms with van der Waals surface area (Å²) < 4.78 is 13.2. The lowest BCUT2D eigenvalue weighted by Gasteiger charge is -2.17. The van der Waals surface area contributed by atoms with Crippen LogP contribution in [0.2, 0.25) is 0 Å². The third kappa shape index (κ3) is 4.77. The molecule has 1 amide bonds. The van der Waals surface area contributed by atoms with Crippen LogP contribution in [0.3, 0.4) is 0 Å². The maximum atomic E-state index is 13.2. The Bertz CT molecular complexity index is 435. The van der Waals surface area contributed by atoms with Crippen LogP contribution in [-0.2, 0) is 0 Å². The Morgan fingerprint density at radius 1 is 1.40 bits per heavy atom. The maximum absolute atomic E-state index is 13.2. The van der Waals surface area contributed by atoms with E-state index in [-0.39, 0.29) is 11.5 Å². The fraction of sp³-hybridized carbons (Fsp3) is 0.571. The summed E-state index contributed by atoms with van der Waals surface area (Å²) in [5.41, 5.74) is 0.232. The topological polar surface area (TPSA) is 57.3 Å². The number of anilines is 1. The number of carbonyl (C=O) groups is 1. The predicted molar refractivity (Wildman–Crippen MR) is 78.5 cm³/mol. The van der Waals surface area contributed by atoms with E-state index < -0.39 is 5.82 Å². The highest BCUT2D eigenvalue weighted by Crippen LogP contribution is 2.12. The second kappa shape index (κ2) is 8.47. The minimum atomic E-state index is -0.516. The molecule has 0 unspecified atom stereocenters. The molecule has 20 heavy (non-hydrogen) atoms. The molecule has 0 bridgehead atoms. The van der Waals surface area contributed by atoms with Gasteiger partial charge in [-0.1, -0.05) is 13.8 Å². The molecule has 1 aromatic rings. The Hall–Kier alpha value is -1.69. The van der Waals surface area contributed by atoms with Crippen molar-refractivity contribution in [2.75, 3.05) is 38.5 Å². The van der Waals surface area contributed by atoms with Crippen LogP contribution >= 0.6 is 0 Å². The average Bonchev–Trinajstić information content (AvgIpc) is 2.47. The first kappa shape index (κ1) is 16.4. The quantitative estimate of drug-likeness (QED) is 0.713. The van der Waals surface area contributed by atoms with E-state index in [1.165, 1.54) is 6.07 Å². The van der Waals surface area contributed by atoms with Crippen molar-refractivity contribution in [3.8, 4) is 0 Å². The minimum absolute atomic E-state index is 0.232. The van der Waals surface area contributed by atoms with Gasteiger partial charge >= 0.3 is 0 Å². The van der Waals surface area contributed by atoms with Crippen molar-refractivity contribution in [3.05, 3.63) is 23.6 Å². The monoisotopic (exact) mass is 282 g/mol. The average molecular weight is 282 g/mol. The fourth-order valence-corrected chi connectivity index (χ4v) is 1.95. The van der Waals surface area contributed by atoms with Crippen molar-refractivity contribution in [2.45, 2.75) is 20.3 Å². The molecule has 0 fully saturated rings. The summed E-state index contributed by atoms with van der Waals surface area (Å²) >= 11 is 0. The van der Waals surface area contributed by atoms with Crippen molar-refractivity contribution in [1.29, 1.82) is 0 Å². The van der Waals surface area contributed by atoms with Crippen molar-refractivity contribution in [1.82, 2.24) is 15.2 Å². The lowest BCUT2D eigenvalue weighted by atomic mass is 10.2. The van der Waals surface area contributed by atoms with Crippen molar-refractivity contribution >= 4 is 11.7 Å². The number of halogens is 1. The van der Waals surface area contributed by atoms with Crippen LogP contribution in [0.1, 0.15) is 30.6 Å². The van der Waals surface area contributed by atoms with Crippen LogP contribution in [0, 0.1) is 5.82 Å². The fourth-order valence-electron chi connectivity index (χ4n) is 1.95. The molecule has 0 aliphatic rings. The molecular formula is C14H23FN4O. The summed E-state index contributed by atoms with van der Waals surface area (Å²) in [6.07, 6.45) is 1.95. The van der Waals surface area contributed by atoms with E-state index in [4.69, 9.17) is 0 Å². The van der Waals surface area contributed by atoms with Gasteiger partial charge in [0.25, 0.3) is 5.91 Å². The van der Waals surface area contributed by atoms with E-state index in [2.05, 4.69) is 34.4 Å². The van der Waals surface area contributed by atoms with Gasteiger partial charge in [-0.25, -0.2) is 9.37 Å². The Morgan fingerprint density at radius 3 is 2.70 bits per heavy atom. The molecule has 0 aliphatic carbocycles. The van der Waals surface area contributed by atoms with E-state index >= 15 is 0 Å². The number of hydrogen-bond donors (Lipinski definition) is 2. The zero-order valence-corrected chi connectivity index (χ0v) is 12.4. The molecule has 1 rings (SSSR count). The van der Waals surface area contributed by atoms with E-state index in [0.717, 1.165) is 32.3 Å². The van der Waals surface area contributed by atoms with Gasteiger partial charge in [-0.2, -0.15) is 0 Å². The Morgan fingerprint density at radius 2 is 2.10 bits per heavy atom. The zero-order chi connectivity index (χ0) is 15.0. The van der Waals surface area contributed by atoms with Crippen LogP contribution in [0.15, 0.2) is 12.3 Å². The second-order valence-corrected chi connectivity index (χ2v) is 4.44. The number of aromatic nitrogens is 1. The van der Waals surface area contributed by atoms with Crippen LogP contribution < -0.4 is 10.6 Å². The smallest absolute Gasteiger partial charge is 0.255 e. The molecule has 0 atom stereocenters. The second-order valence-electron chi connectivity index (χ2n) is 4.44. The summed E-state index contributed by atoms with van der Waals surface area (Å²) in [7, 11) is 1.65. The molecule has 0 aliphatic heterocycles. The predicted octanol–water partition coefficient (Wildman–Crippen LogP) is 1.72. The molecule has 112 valence electrons. The van der Waals surface area contributed by atoms with Gasteiger partial charge in [-0.3, -0.25) is 4.79 Å². The standard InChI is InChI=1S/C14H23FN4O/c1-4-19(5-2)8-6-7-17-14(20)12-9-11(15)10-18-13(12)16-3/h9-10H,4-8H2,1-3H3,(H,16,18)(H,17,20). The van der Waals surface area contributed by atoms with Gasteiger partial charge in [0.2, 0.25) is 0 Å². The highest BCUT2D eigenvalue weighted by Gasteiger charge is 2.12. The van der Waals surface area contributed by atoms with Crippen molar-refractivity contribution in [2.24, 2.45) is 0 Å². The summed E-state index contributed by atoms with van der Waals surface area (Å²) in [4.78, 5) is 18.1. The first-order chi connectivity index (χ1) is 9.62. The first-order valence-corrected chi connectivity index (χ1v) is 6.96. The SMILES string of the molecule is CCN(CC)CCCNC(=O)c1cc(F)cnc1NC. The molecule has 2 N–H and O–H groups in total. The Balaban J connectivity index is 2.49. The van der Waals surface area contributed by atoms with Crippen LogP contribution in [0.5, 0.6) is 0 Å². The number of carbonyl (C=O) groups excluding carboxylic acids is 1. The molecule has 1 aromatic heterocycles. The number of nitrogens with one attached hydrogen (secondary N) is 2. The number of rotatable bonds is 8. The number of pyridine rings is 1. The molecule has 0 saturated heterocycles. The van der Waals surface area contributed by atoms with Gasteiger partial charge in [-0.15, -0.1) is 0 Å². The Labute approximate surface area is 119 Å². The van der Waals surface area contributed by atoms with Gasteiger partial charge < -0.3 is 15.5 Å². The summed E-state index contributed by atoms with van der Waals surface area (Å²) in [6, 6.07) is 1.19. The van der Waals surface area contributed by atoms with E-state index in [0.29, 0.717) is 12.4 Å². The van der Waals surface area contributed by atoms with Crippen molar-refractivity contribution in [3.63, 3.8) is 0 Å². The van der Waals surface area contributed by atoms with Crippen LogP contribution in [0.4, 0.5) is 10.2 Å². The highest BCUT2D eigenvalue weighted by molar-refractivity contribution is 5.98. The molecule has 5 nitrogen and oxygen atoms in total. The van der Waals surface area contributed by atoms with E-state index in [1.54, 1.807) is 7.05 Å². The highest BCUT2D eigenvalue weighted by atomic mass is 19.1. The molecule has 6 heteroatoms. The summed E-state index contributed by atoms with van der Waals surface area (Å²) in [6.45, 7) is 7.73. The van der Waals surface area contributed by atoms with E-state index in [1.807, 2.05) is 0 Å². The Kier molecular flexibility index (Phi) is 6.93. The van der Waals surface area contributed by atoms with Crippen molar-refractivity contribution < 1.29 is 9.18 Å². The summed E-state index contributed by atoms with van der Waals surface area (Å²) in [5.74, 6) is -0.439. The number of amides is 1. The number of hydrogen-bond acceptors (Lipinski definition) is 4. The van der Waals surface area contributed by atoms with Crippen LogP contribution in [0.25, 0.3) is 0 Å². The van der Waals surface area contributed by atoms with Gasteiger partial charge in [0.15, 0.2) is 0 Å². The van der Waals surface area contributed by atoms with Gasteiger partial charge in [0.1, 0.15) is 11.6 Å². The zero-order valence-electron chi connectivity index (χ0n) is 12.4. The number of nitrogens with zero attached hydrogens (tertiary/aromatic N) is 2. The lowest BCUT2D eigenvalue weighted by Crippen LogP contribution is -2.30. The molecule has 1 heterocycles. The largest absolute Gasteiger partial charge is 0.372 e.